The number of halogens is 6. The maximum Gasteiger partial charge on any atom is 0.432 e. The molecule has 0 aliphatic rings. The van der Waals surface area contributed by atoms with Gasteiger partial charge < -0.3 is 4.74 Å². The van der Waals surface area contributed by atoms with Crippen LogP contribution in [0.5, 0.6) is 0 Å². The lowest BCUT2D eigenvalue weighted by atomic mass is 10.2. The maximum absolute atomic E-state index is 12.6. The third-order valence-corrected chi connectivity index (χ3v) is 1.48. The Balaban J connectivity index is 4.48. The van der Waals surface area contributed by atoms with Crippen LogP contribution in [0.25, 0.3) is 0 Å². The molecule has 0 heterocycles. The van der Waals surface area contributed by atoms with Crippen molar-refractivity contribution in [3.05, 3.63) is 0 Å². The van der Waals surface area contributed by atoms with Gasteiger partial charge in [0.25, 0.3) is 0 Å². The van der Waals surface area contributed by atoms with Crippen molar-refractivity contribution in [3.8, 4) is 0 Å². The molecule has 0 spiro atoms. The normalized spacial score (nSPS) is 15.1. The van der Waals surface area contributed by atoms with Crippen LogP contribution in [0, 0.1) is 5.92 Å². The van der Waals surface area contributed by atoms with Gasteiger partial charge in [-0.15, -0.1) is 0 Å². The van der Waals surface area contributed by atoms with Gasteiger partial charge in [-0.25, -0.2) is 4.39 Å². The summed E-state index contributed by atoms with van der Waals surface area (Å²) in [6.07, 6.45) is -15.8. The summed E-state index contributed by atoms with van der Waals surface area (Å²) < 4.78 is 76.0. The first-order chi connectivity index (χ1) is 6.96. The number of hydrogen-bond acceptors (Lipinski definition) is 2. The van der Waals surface area contributed by atoms with Crippen molar-refractivity contribution in [2.45, 2.75) is 38.7 Å². The first-order valence-electron chi connectivity index (χ1n) is 4.27. The van der Waals surface area contributed by atoms with Gasteiger partial charge >= 0.3 is 18.3 Å². The highest BCUT2D eigenvalue weighted by atomic mass is 19.4. The van der Waals surface area contributed by atoms with Crippen molar-refractivity contribution in [2.24, 2.45) is 5.92 Å². The lowest BCUT2D eigenvalue weighted by Gasteiger charge is -2.22. The van der Waals surface area contributed by atoms with Crippen molar-refractivity contribution in [1.29, 1.82) is 0 Å². The minimum Gasteiger partial charge on any atom is -0.398 e. The molecule has 2 nitrogen and oxygen atoms in total. The Kier molecular flexibility index (Phi) is 4.63. The summed E-state index contributed by atoms with van der Waals surface area (Å²) in [6, 6.07) is 0. The number of ether oxygens (including phenoxy) is 1. The molecule has 96 valence electrons. The van der Waals surface area contributed by atoms with Crippen molar-refractivity contribution in [3.63, 3.8) is 0 Å². The number of rotatable bonds is 4. The predicted octanol–water partition coefficient (Wildman–Crippen LogP) is 3.07. The Bertz CT molecular complexity index is 247. The van der Waals surface area contributed by atoms with Crippen molar-refractivity contribution >= 4 is 5.97 Å². The average Bonchev–Trinajstić information content (AvgIpc) is 1.99. The van der Waals surface area contributed by atoms with Crippen LogP contribution in [-0.4, -0.2) is 24.4 Å². The van der Waals surface area contributed by atoms with Crippen molar-refractivity contribution < 1.29 is 35.9 Å². The molecule has 0 N–H and O–H groups in total. The van der Waals surface area contributed by atoms with Gasteiger partial charge in [0, 0.05) is 0 Å². The first kappa shape index (κ1) is 15.0. The molecule has 0 radical (unpaired) electrons. The first-order valence-corrected chi connectivity index (χ1v) is 4.27. The van der Waals surface area contributed by atoms with Gasteiger partial charge in [-0.3, -0.25) is 4.79 Å². The number of esters is 1. The number of carbonyl (C=O) groups excluding carboxylic acids is 1. The number of alkyl halides is 6. The third kappa shape index (κ3) is 5.22. The van der Waals surface area contributed by atoms with Crippen LogP contribution in [0.1, 0.15) is 20.3 Å². The Morgan fingerprint density at radius 2 is 1.62 bits per heavy atom. The fraction of sp³-hybridized carbons (Fsp3) is 0.875. The summed E-state index contributed by atoms with van der Waals surface area (Å²) in [5.41, 5.74) is 0. The van der Waals surface area contributed by atoms with E-state index < -0.39 is 36.8 Å². The molecule has 16 heavy (non-hydrogen) atoms. The van der Waals surface area contributed by atoms with E-state index in [-0.39, 0.29) is 0 Å². The van der Waals surface area contributed by atoms with E-state index in [1.165, 1.54) is 13.8 Å². The lowest BCUT2D eigenvalue weighted by Crippen LogP contribution is -2.39. The Hall–Kier alpha value is -0.950. The third-order valence-electron chi connectivity index (χ3n) is 1.48. The zero-order valence-electron chi connectivity index (χ0n) is 8.45. The molecule has 0 saturated carbocycles. The van der Waals surface area contributed by atoms with Gasteiger partial charge in [-0.2, -0.15) is 22.0 Å². The second-order valence-electron chi connectivity index (χ2n) is 3.42. The molecule has 1 unspecified atom stereocenters. The summed E-state index contributed by atoms with van der Waals surface area (Å²) in [7, 11) is 0. The molecule has 0 amide bonds. The zero-order valence-corrected chi connectivity index (χ0v) is 8.45. The molecule has 0 aromatic heterocycles. The van der Waals surface area contributed by atoms with Gasteiger partial charge in [0.15, 0.2) is 0 Å². The highest BCUT2D eigenvalue weighted by Gasteiger charge is 2.50. The van der Waals surface area contributed by atoms with Crippen LogP contribution in [0.2, 0.25) is 0 Å². The summed E-state index contributed by atoms with van der Waals surface area (Å²) in [6.45, 7) is 2.38. The van der Waals surface area contributed by atoms with E-state index in [9.17, 15) is 31.1 Å². The monoisotopic (exact) mass is 252 g/mol. The summed E-state index contributed by atoms with van der Waals surface area (Å²) in [5, 5.41) is 0. The Morgan fingerprint density at radius 1 is 1.19 bits per heavy atom. The van der Waals surface area contributed by atoms with Crippen LogP contribution >= 0.6 is 0 Å². The molecule has 0 bridgehead atoms. The molecular formula is C8H10F6O2. The minimum atomic E-state index is -5.09. The molecule has 0 rings (SSSR count). The second-order valence-corrected chi connectivity index (χ2v) is 3.42. The molecule has 0 aliphatic heterocycles. The quantitative estimate of drug-likeness (QED) is 0.567. The molecule has 0 fully saturated rings. The Morgan fingerprint density at radius 3 is 1.94 bits per heavy atom. The van der Waals surface area contributed by atoms with E-state index in [1.807, 2.05) is 0 Å². The van der Waals surface area contributed by atoms with Gasteiger partial charge in [0.2, 0.25) is 6.17 Å². The van der Waals surface area contributed by atoms with Crippen LogP contribution in [0.4, 0.5) is 26.3 Å². The fourth-order valence-electron chi connectivity index (χ4n) is 0.638. The van der Waals surface area contributed by atoms with Gasteiger partial charge in [-0.1, -0.05) is 13.8 Å². The molecule has 8 heteroatoms. The van der Waals surface area contributed by atoms with Crippen molar-refractivity contribution in [2.75, 3.05) is 0 Å². The minimum absolute atomic E-state index is 0.982. The lowest BCUT2D eigenvalue weighted by molar-refractivity contribution is -0.279. The molecule has 0 aliphatic carbocycles. The van der Waals surface area contributed by atoms with Crippen LogP contribution in [0.15, 0.2) is 0 Å². The largest absolute Gasteiger partial charge is 0.432 e. The standard InChI is InChI=1S/C8H10F6O2/c1-4(2)6(15)16-8(13,14)5(9)3-7(10,11)12/h4-5H,3H2,1-2H3. The van der Waals surface area contributed by atoms with Crippen LogP contribution < -0.4 is 0 Å². The highest BCUT2D eigenvalue weighted by Crippen LogP contribution is 2.33. The number of carbonyl (C=O) groups is 1. The average molecular weight is 252 g/mol. The van der Waals surface area contributed by atoms with Crippen molar-refractivity contribution in [1.82, 2.24) is 0 Å². The highest BCUT2D eigenvalue weighted by molar-refractivity contribution is 5.71. The summed E-state index contributed by atoms with van der Waals surface area (Å²) in [5.74, 6) is -2.45. The van der Waals surface area contributed by atoms with Crippen LogP contribution in [-0.2, 0) is 9.53 Å². The Labute approximate surface area is 87.6 Å². The molecule has 0 saturated heterocycles. The topological polar surface area (TPSA) is 26.3 Å². The van der Waals surface area contributed by atoms with E-state index in [1.54, 1.807) is 0 Å². The SMILES string of the molecule is CC(C)C(=O)OC(F)(F)C(F)CC(F)(F)F. The van der Waals surface area contributed by atoms with E-state index in [4.69, 9.17) is 0 Å². The molecule has 1 atom stereocenters. The smallest absolute Gasteiger partial charge is 0.398 e. The van der Waals surface area contributed by atoms with E-state index >= 15 is 0 Å². The van der Waals surface area contributed by atoms with E-state index in [0.29, 0.717) is 0 Å². The van der Waals surface area contributed by atoms with Gasteiger partial charge in [-0.05, 0) is 0 Å². The fourth-order valence-corrected chi connectivity index (χ4v) is 0.638. The van der Waals surface area contributed by atoms with Crippen LogP contribution in [0.3, 0.4) is 0 Å². The van der Waals surface area contributed by atoms with E-state index in [2.05, 4.69) is 4.74 Å². The maximum atomic E-state index is 12.6. The van der Waals surface area contributed by atoms with Gasteiger partial charge in [0.05, 0.1) is 12.3 Å². The van der Waals surface area contributed by atoms with Gasteiger partial charge in [0.1, 0.15) is 0 Å². The molecule has 0 aromatic carbocycles. The summed E-state index contributed by atoms with van der Waals surface area (Å²) in [4.78, 5) is 10.7. The molecule has 0 aromatic rings. The zero-order chi connectivity index (χ0) is 13.1. The summed E-state index contributed by atoms with van der Waals surface area (Å²) >= 11 is 0. The predicted molar refractivity (Wildman–Crippen MR) is 41.4 cm³/mol. The van der Waals surface area contributed by atoms with E-state index in [0.717, 1.165) is 0 Å². The number of hydrogen-bond donors (Lipinski definition) is 0. The second kappa shape index (κ2) is 4.92. The molecular weight excluding hydrogens is 242 g/mol.